The number of aliphatic hydroxyl groups is 12. The Morgan fingerprint density at radius 2 is 0.627 bits per heavy atom. The third-order valence-electron chi connectivity index (χ3n) is 21.3. The van der Waals surface area contributed by atoms with Crippen molar-refractivity contribution in [3.63, 3.8) is 0 Å². The normalized spacial score (nSPS) is 43.9. The van der Waals surface area contributed by atoms with E-state index in [0.29, 0.717) is 54.5 Å². The van der Waals surface area contributed by atoms with E-state index < -0.39 is 233 Å². The average Bonchev–Trinajstić information content (AvgIpc) is 1.47. The van der Waals surface area contributed by atoms with Crippen LogP contribution in [-0.2, 0) is 56.8 Å². The molecule has 14 unspecified atom stereocenters. The highest BCUT2D eigenvalue weighted by Crippen LogP contribution is 2.39. The number of nitrogens with two attached hydrogens (primary N) is 13. The predicted octanol–water partition coefficient (Wildman–Crippen LogP) is -14.8. The molecule has 0 bridgehead atoms. The van der Waals surface area contributed by atoms with Crippen molar-refractivity contribution >= 4 is 58.2 Å². The van der Waals surface area contributed by atoms with Gasteiger partial charge in [0, 0.05) is 99.5 Å². The van der Waals surface area contributed by atoms with Gasteiger partial charge in [-0.2, -0.15) is 23.5 Å². The highest BCUT2D eigenvalue weighted by atomic mass is 32.2. The molecule has 0 amide bonds. The van der Waals surface area contributed by atoms with Gasteiger partial charge >= 0.3 is 0 Å². The molecule has 2 saturated carbocycles. The van der Waals surface area contributed by atoms with Crippen LogP contribution in [0.1, 0.15) is 51.4 Å². The Morgan fingerprint density at radius 3 is 0.973 bits per heavy atom. The molecule has 0 radical (unpaired) electrons. The van der Waals surface area contributed by atoms with Crippen molar-refractivity contribution in [3.05, 3.63) is 0 Å². The van der Waals surface area contributed by atoms with Crippen molar-refractivity contribution in [3.8, 4) is 0 Å². The topological polar surface area (TPSA) is 743 Å². The molecule has 110 heavy (non-hydrogen) atoms. The number of ether oxygens (including phenoxy) is 12. The van der Waals surface area contributed by atoms with Crippen molar-refractivity contribution in [1.29, 1.82) is 0 Å². The zero-order valence-corrected chi connectivity index (χ0v) is 65.0. The largest absolute Gasteiger partial charge is 0.389 e. The smallest absolute Gasteiger partial charge is 0.187 e. The standard InChI is InChI=1S/C64H128N18O24S4/c65-7-2-1-4-12-82(14-6-9-79-64(108)81-11-16-110-24-34-54(104-60-38(77)48(92)44(88)32(22-69)98-60)50(94)62(100-34)106-56-40(84)26(71)18-28(73)52(56)102-58-36(75)46(90)42(86)30(20-67)96-58)13-5-3-8-78-63(107)80-10-15-109-23-33-53(103-59-37(76)47(91)43(87)31(21-68)97-59)49(93)61(99-33)105-55-39(83)25(70)17-27(72)51(55)101-57-35(74)45(89)41(85)29(19-66)95-57/h25-62,83-94H,1-24,65-77H2,(H2,78,80,107)(H2,79,81,108)/t25-,26-,27?,28?,29?,30?,31?,32?,33-,34-,35?,36?,37-,38-,39?,40?,41-,42-,43?,44?,45-,46-,47+,48+,49+,50+,51-,52-,53+,54+,55-,56-,57-,58-,59-,60-,61?,62?/m1/s1. The lowest BCUT2D eigenvalue weighted by molar-refractivity contribution is -0.306. The first kappa shape index (κ1) is 94.0. The van der Waals surface area contributed by atoms with Crippen molar-refractivity contribution < 1.29 is 118 Å². The quantitative estimate of drug-likeness (QED) is 0.0200. The Hall–Kier alpha value is -1.44. The molecule has 6 heterocycles. The molecule has 42 nitrogen and oxygen atoms in total. The molecule has 6 saturated heterocycles. The first-order valence-electron chi connectivity index (χ1n) is 38.0. The van der Waals surface area contributed by atoms with Crippen molar-refractivity contribution in [1.82, 2.24) is 26.2 Å². The summed E-state index contributed by atoms with van der Waals surface area (Å²) in [6.07, 6.45) is -34.4. The molecule has 46 heteroatoms. The Kier molecular flexibility index (Phi) is 39.0. The molecule has 0 aromatic carbocycles. The lowest BCUT2D eigenvalue weighted by atomic mass is 9.84. The van der Waals surface area contributed by atoms with E-state index >= 15 is 0 Å². The highest BCUT2D eigenvalue weighted by Gasteiger charge is 2.58. The van der Waals surface area contributed by atoms with Gasteiger partial charge in [0.2, 0.25) is 0 Å². The van der Waals surface area contributed by atoms with Crippen LogP contribution in [0, 0.1) is 0 Å². The van der Waals surface area contributed by atoms with Crippen LogP contribution in [0.15, 0.2) is 0 Å². The minimum atomic E-state index is -1.59. The second-order valence-corrected chi connectivity index (χ2v) is 32.5. The molecule has 0 aromatic rings. The number of nitrogens with zero attached hydrogens (tertiary/aromatic N) is 1. The van der Waals surface area contributed by atoms with Gasteiger partial charge in [0.15, 0.2) is 48.0 Å². The fourth-order valence-electron chi connectivity index (χ4n) is 14.6. The van der Waals surface area contributed by atoms with Crippen LogP contribution in [-0.4, -0.2) is 411 Å². The Balaban J connectivity index is 0.764. The Labute approximate surface area is 659 Å². The third kappa shape index (κ3) is 24.6. The molecular weight excluding hydrogens is 1530 g/mol. The van der Waals surface area contributed by atoms with Crippen molar-refractivity contribution in [2.24, 2.45) is 74.5 Å². The molecule has 0 aromatic heterocycles. The Morgan fingerprint density at radius 1 is 0.327 bits per heavy atom. The van der Waals surface area contributed by atoms with Crippen molar-refractivity contribution in [2.75, 3.05) is 102 Å². The molecule has 8 aliphatic rings. The molecule has 38 atom stereocenters. The minimum Gasteiger partial charge on any atom is -0.389 e. The van der Waals surface area contributed by atoms with Gasteiger partial charge in [-0.1, -0.05) is 6.42 Å². The van der Waals surface area contributed by atoms with Crippen LogP contribution in [0.3, 0.4) is 0 Å². The summed E-state index contributed by atoms with van der Waals surface area (Å²) in [5.41, 5.74) is 79.9. The second kappa shape index (κ2) is 45.7. The van der Waals surface area contributed by atoms with Gasteiger partial charge in [-0.05, 0) is 95.6 Å². The molecule has 642 valence electrons. The molecule has 8 rings (SSSR count). The van der Waals surface area contributed by atoms with Crippen LogP contribution in [0.5, 0.6) is 0 Å². The van der Waals surface area contributed by atoms with Crippen LogP contribution >= 0.6 is 48.0 Å². The van der Waals surface area contributed by atoms with Gasteiger partial charge in [0.25, 0.3) is 0 Å². The predicted molar refractivity (Wildman–Crippen MR) is 408 cm³/mol. The van der Waals surface area contributed by atoms with E-state index in [1.807, 2.05) is 0 Å². The van der Waals surface area contributed by atoms with Gasteiger partial charge in [-0.3, -0.25) is 0 Å². The summed E-state index contributed by atoms with van der Waals surface area (Å²) in [6.45, 7) is 4.48. The first-order valence-corrected chi connectivity index (χ1v) is 41.1. The number of hydrogen-bond acceptors (Lipinski definition) is 42. The molecule has 0 spiro atoms. The van der Waals surface area contributed by atoms with Gasteiger partial charge < -0.3 is 219 Å². The Bertz CT molecular complexity index is 2690. The number of unbranched alkanes of at least 4 members (excludes halogenated alkanes) is 3. The second-order valence-electron chi connectivity index (χ2n) is 29.4. The molecule has 6 aliphatic heterocycles. The SMILES string of the molecule is NCCCCCN(CCCCNC(=S)NCCSC[C@H]1OC(O[C@@H]2C(O)[C@H](N)CC(N)[C@H]2O[C@H]2OC(CN)[C@@H](O)[C@H](O)C2N)[C@@H](O)[C@H]1O[C@H]1OC(CN)C(O)[C@@H](O)[C@H]1N)CCCNC(=S)NCCSC[C@H]1OC(O[C@@H]2C(O)[C@H](N)CC(N)[C@H]2O[C@H]2OC(CN)[C@@H](O)[C@H](O)C2N)[C@@H](O)[C@H]1O[C@H]1OC(CN)C(O)[C@@H](O)[C@H]1N. The zero-order valence-electron chi connectivity index (χ0n) is 61.8. The molecule has 8 fully saturated rings. The molecular formula is C64H128N18O24S4. The molecule has 2 aliphatic carbocycles. The maximum Gasteiger partial charge on any atom is 0.187 e. The van der Waals surface area contributed by atoms with Gasteiger partial charge in [0.05, 0.1) is 48.6 Å². The molecule has 42 N–H and O–H groups in total. The summed E-state index contributed by atoms with van der Waals surface area (Å²) in [7, 11) is 0. The van der Waals surface area contributed by atoms with Crippen LogP contribution in [0.2, 0.25) is 0 Å². The number of thiocarbonyl (C=S) groups is 2. The van der Waals surface area contributed by atoms with E-state index in [-0.39, 0.29) is 50.5 Å². The van der Waals surface area contributed by atoms with E-state index in [2.05, 4.69) is 26.2 Å². The minimum absolute atomic E-state index is 0.0609. The van der Waals surface area contributed by atoms with E-state index in [0.717, 1.165) is 58.2 Å². The highest BCUT2D eigenvalue weighted by molar-refractivity contribution is 7.99. The van der Waals surface area contributed by atoms with E-state index in [9.17, 15) is 61.3 Å². The monoisotopic (exact) mass is 1660 g/mol. The summed E-state index contributed by atoms with van der Waals surface area (Å²) in [5.74, 6) is 1.39. The maximum absolute atomic E-state index is 11.9. The van der Waals surface area contributed by atoms with E-state index in [1.165, 1.54) is 23.5 Å². The summed E-state index contributed by atoms with van der Waals surface area (Å²) in [5, 5.41) is 146. The summed E-state index contributed by atoms with van der Waals surface area (Å²) in [6, 6.07) is -8.71. The van der Waals surface area contributed by atoms with Crippen LogP contribution < -0.4 is 95.8 Å². The van der Waals surface area contributed by atoms with E-state index in [1.54, 1.807) is 0 Å². The van der Waals surface area contributed by atoms with Gasteiger partial charge in [0.1, 0.15) is 122 Å². The number of nitrogens with one attached hydrogen (secondary N) is 4. The van der Waals surface area contributed by atoms with E-state index in [4.69, 9.17) is 156 Å². The average molecular weight is 1660 g/mol. The lowest BCUT2D eigenvalue weighted by Gasteiger charge is -2.47. The number of aliphatic hydroxyl groups excluding tert-OH is 12. The van der Waals surface area contributed by atoms with Crippen LogP contribution in [0.25, 0.3) is 0 Å². The fraction of sp³-hybridized carbons (Fsp3) is 0.969. The first-order chi connectivity index (χ1) is 52.5. The third-order valence-corrected chi connectivity index (χ3v) is 24.0. The summed E-state index contributed by atoms with van der Waals surface area (Å²) in [4.78, 5) is 2.42. The van der Waals surface area contributed by atoms with Crippen molar-refractivity contribution in [2.45, 2.75) is 284 Å². The number of thioether (sulfide) groups is 2. The fourth-order valence-corrected chi connectivity index (χ4v) is 16.9. The number of rotatable bonds is 40. The van der Waals surface area contributed by atoms with Crippen LogP contribution in [0.4, 0.5) is 0 Å². The summed E-state index contributed by atoms with van der Waals surface area (Å²) >= 11 is 14.1. The van der Waals surface area contributed by atoms with Gasteiger partial charge in [-0.25, -0.2) is 0 Å². The summed E-state index contributed by atoms with van der Waals surface area (Å²) < 4.78 is 73.7. The van der Waals surface area contributed by atoms with Gasteiger partial charge in [-0.15, -0.1) is 0 Å². The number of hydrogen-bond donors (Lipinski definition) is 29. The lowest BCUT2D eigenvalue weighted by Crippen LogP contribution is -2.68. The zero-order chi connectivity index (χ0) is 80.4. The maximum atomic E-state index is 11.9.